The molecule has 0 aliphatic carbocycles. The van der Waals surface area contributed by atoms with E-state index in [9.17, 15) is 8.78 Å². The monoisotopic (exact) mass is 218 g/mol. The number of hydrogen-bond acceptors (Lipinski definition) is 3. The van der Waals surface area contributed by atoms with Crippen LogP contribution >= 0.6 is 0 Å². The van der Waals surface area contributed by atoms with E-state index in [1.165, 1.54) is 18.2 Å². The van der Waals surface area contributed by atoms with E-state index in [0.29, 0.717) is 5.56 Å². The highest BCUT2D eigenvalue weighted by Crippen LogP contribution is 2.41. The zero-order valence-electron chi connectivity index (χ0n) is 10.7. The molecule has 2 N–H and O–H groups in total. The summed E-state index contributed by atoms with van der Waals surface area (Å²) in [6.07, 6.45) is -3.63. The van der Waals surface area contributed by atoms with Crippen molar-refractivity contribution in [3.05, 3.63) is 23.8 Å². The van der Waals surface area contributed by atoms with Crippen molar-refractivity contribution < 1.29 is 22.4 Å². The molecule has 0 fully saturated rings. The van der Waals surface area contributed by atoms with Crippen LogP contribution in [-0.2, 0) is 6.42 Å². The fourth-order valence-electron chi connectivity index (χ4n) is 1.37. The highest BCUT2D eigenvalue weighted by atomic mass is 19.3. The van der Waals surface area contributed by atoms with Crippen molar-refractivity contribution in [2.45, 2.75) is 25.6 Å². The molecule has 0 amide bonds. The molecule has 1 aliphatic heterocycles. The lowest BCUT2D eigenvalue weighted by molar-refractivity contribution is -0.286. The van der Waals surface area contributed by atoms with E-state index in [1.807, 2.05) is 0 Å². The van der Waals surface area contributed by atoms with Gasteiger partial charge in [0.25, 0.3) is 0 Å². The predicted octanol–water partition coefficient (Wildman–Crippen LogP) is 1.90. The Morgan fingerprint density at radius 1 is 1.47 bits per heavy atom. The van der Waals surface area contributed by atoms with E-state index in [4.69, 9.17) is 9.85 Å². The molecule has 0 saturated heterocycles. The Bertz CT molecular complexity index is 465. The molecule has 5 heteroatoms. The van der Waals surface area contributed by atoms with Gasteiger partial charge in [-0.15, -0.1) is 8.78 Å². The van der Waals surface area contributed by atoms with Crippen LogP contribution in [0.3, 0.4) is 0 Å². The van der Waals surface area contributed by atoms with Crippen LogP contribution in [0.25, 0.3) is 0 Å². The predicted molar refractivity (Wildman–Crippen MR) is 50.0 cm³/mol. The second kappa shape index (κ2) is 3.34. The van der Waals surface area contributed by atoms with Crippen LogP contribution in [0.15, 0.2) is 18.2 Å². The average molecular weight is 218 g/mol. The molecule has 15 heavy (non-hydrogen) atoms. The second-order valence-corrected chi connectivity index (χ2v) is 3.26. The van der Waals surface area contributed by atoms with Crippen molar-refractivity contribution in [2.24, 2.45) is 5.73 Å². The Morgan fingerprint density at radius 3 is 2.93 bits per heavy atom. The Kier molecular flexibility index (Phi) is 1.56. The van der Waals surface area contributed by atoms with Gasteiger partial charge in [0.1, 0.15) is 0 Å². The first kappa shape index (κ1) is 7.00. The van der Waals surface area contributed by atoms with E-state index in [0.717, 1.165) is 0 Å². The van der Waals surface area contributed by atoms with Gasteiger partial charge in [-0.1, -0.05) is 6.07 Å². The Balaban J connectivity index is 2.15. The maximum absolute atomic E-state index is 12.8. The van der Waals surface area contributed by atoms with Gasteiger partial charge in [0.2, 0.25) is 0 Å². The van der Waals surface area contributed by atoms with E-state index < -0.39 is 19.2 Å². The fraction of sp³-hybridized carbons (Fsp3) is 0.400. The maximum Gasteiger partial charge on any atom is 0.586 e. The molecule has 1 aliphatic rings. The minimum Gasteiger partial charge on any atom is -0.395 e. The zero-order chi connectivity index (χ0) is 13.6. The summed E-state index contributed by atoms with van der Waals surface area (Å²) >= 11 is 0. The van der Waals surface area contributed by atoms with Crippen molar-refractivity contribution in [1.82, 2.24) is 0 Å². The van der Waals surface area contributed by atoms with Crippen LogP contribution in [-0.4, -0.2) is 12.3 Å². The van der Waals surface area contributed by atoms with Crippen molar-refractivity contribution in [3.8, 4) is 11.5 Å². The van der Waals surface area contributed by atoms with E-state index in [1.54, 1.807) is 0 Å². The van der Waals surface area contributed by atoms with Crippen molar-refractivity contribution >= 4 is 0 Å². The molecule has 2 rings (SSSR count). The molecule has 0 aromatic heterocycles. The number of fused-ring (bicyclic) bond motifs is 1. The van der Waals surface area contributed by atoms with Crippen LogP contribution in [0.5, 0.6) is 11.5 Å². The van der Waals surface area contributed by atoms with Gasteiger partial charge >= 0.3 is 6.29 Å². The van der Waals surface area contributed by atoms with Crippen molar-refractivity contribution in [1.29, 1.82) is 0 Å². The lowest BCUT2D eigenvalue weighted by atomic mass is 10.1. The molecule has 1 atom stereocenters. The number of ether oxygens (including phenoxy) is 2. The molecule has 0 bridgehead atoms. The third-order valence-electron chi connectivity index (χ3n) is 1.92. The molecular formula is C10H11F2NO2. The highest BCUT2D eigenvalue weighted by Gasteiger charge is 2.43. The van der Waals surface area contributed by atoms with Crippen LogP contribution < -0.4 is 15.2 Å². The number of hydrogen-bond donors (Lipinski definition) is 1. The molecule has 0 radical (unpaired) electrons. The summed E-state index contributed by atoms with van der Waals surface area (Å²) in [6, 6.07) is 3.04. The third kappa shape index (κ3) is 2.18. The van der Waals surface area contributed by atoms with E-state index >= 15 is 0 Å². The van der Waals surface area contributed by atoms with Gasteiger partial charge in [0, 0.05) is 10.2 Å². The summed E-state index contributed by atoms with van der Waals surface area (Å²) in [4.78, 5) is 0. The van der Waals surface area contributed by atoms with E-state index in [-0.39, 0.29) is 17.9 Å². The van der Waals surface area contributed by atoms with Gasteiger partial charge in [0.05, 0.1) is 0 Å². The molecule has 0 saturated carbocycles. The Hall–Kier alpha value is -1.36. The average Bonchev–Trinajstić information content (AvgIpc) is 2.49. The van der Waals surface area contributed by atoms with Crippen molar-refractivity contribution in [3.63, 3.8) is 0 Å². The molecule has 1 heterocycles. The maximum atomic E-state index is 12.8. The second-order valence-electron chi connectivity index (χ2n) is 3.26. The smallest absolute Gasteiger partial charge is 0.395 e. The zero-order valence-corrected chi connectivity index (χ0v) is 7.67. The van der Waals surface area contributed by atoms with Crippen LogP contribution in [0.4, 0.5) is 8.78 Å². The number of halogens is 2. The lowest BCUT2D eigenvalue weighted by Gasteiger charge is -2.05. The summed E-state index contributed by atoms with van der Waals surface area (Å²) in [5, 5.41) is 0. The first-order valence-electron chi connectivity index (χ1n) is 5.82. The summed E-state index contributed by atoms with van der Waals surface area (Å²) < 4.78 is 55.4. The SMILES string of the molecule is [2H]C([2H])([2H])C(N)Cc1ccc2c(c1)OC(F)(F)O2. The molecule has 1 aromatic rings. The Morgan fingerprint density at radius 2 is 2.20 bits per heavy atom. The van der Waals surface area contributed by atoms with Crippen LogP contribution in [0.1, 0.15) is 16.5 Å². The topological polar surface area (TPSA) is 44.5 Å². The first-order chi connectivity index (χ1) is 8.17. The molecule has 0 spiro atoms. The number of rotatable bonds is 2. The third-order valence-corrected chi connectivity index (χ3v) is 1.92. The summed E-state index contributed by atoms with van der Waals surface area (Å²) in [6.45, 7) is -2.29. The first-order valence-corrected chi connectivity index (χ1v) is 4.32. The Labute approximate surface area is 90.0 Å². The summed E-state index contributed by atoms with van der Waals surface area (Å²) in [5.74, 6) is -0.193. The van der Waals surface area contributed by atoms with Crippen LogP contribution in [0.2, 0.25) is 0 Å². The summed E-state index contributed by atoms with van der Waals surface area (Å²) in [7, 11) is 0. The van der Waals surface area contributed by atoms with Gasteiger partial charge in [0.15, 0.2) is 11.5 Å². The molecule has 3 nitrogen and oxygen atoms in total. The van der Waals surface area contributed by atoms with E-state index in [2.05, 4.69) is 9.47 Å². The molecular weight excluding hydrogens is 204 g/mol. The molecule has 1 aromatic carbocycles. The highest BCUT2D eigenvalue weighted by molar-refractivity contribution is 5.45. The van der Waals surface area contributed by atoms with Crippen molar-refractivity contribution in [2.75, 3.05) is 0 Å². The quantitative estimate of drug-likeness (QED) is 0.824. The fourth-order valence-corrected chi connectivity index (χ4v) is 1.37. The van der Waals surface area contributed by atoms with Crippen LogP contribution in [0, 0.1) is 0 Å². The largest absolute Gasteiger partial charge is 0.586 e. The van der Waals surface area contributed by atoms with Gasteiger partial charge < -0.3 is 15.2 Å². The van der Waals surface area contributed by atoms with Gasteiger partial charge in [-0.3, -0.25) is 0 Å². The number of alkyl halides is 2. The molecule has 82 valence electrons. The minimum absolute atomic E-state index is 0.0404. The normalized spacial score (nSPS) is 22.7. The minimum atomic E-state index is -3.67. The molecule has 1 unspecified atom stereocenters. The van der Waals surface area contributed by atoms with Gasteiger partial charge in [-0.2, -0.15) is 0 Å². The lowest BCUT2D eigenvalue weighted by Crippen LogP contribution is -2.25. The van der Waals surface area contributed by atoms with Gasteiger partial charge in [-0.25, -0.2) is 0 Å². The number of nitrogens with two attached hydrogens (primary N) is 1. The summed E-state index contributed by atoms with van der Waals surface area (Å²) in [5.41, 5.74) is 6.00. The van der Waals surface area contributed by atoms with Gasteiger partial charge in [-0.05, 0) is 31.0 Å². The number of benzene rings is 1. The standard InChI is InChI=1S/C10H11F2NO2/c1-6(13)4-7-2-3-8-9(5-7)15-10(11,12)14-8/h2-3,5-6H,4,13H2,1H3/i1D3.